The molecule has 1 unspecified atom stereocenters. The van der Waals surface area contributed by atoms with Gasteiger partial charge in [-0.25, -0.2) is 13.6 Å². The van der Waals surface area contributed by atoms with E-state index >= 15 is 0 Å². The Kier molecular flexibility index (Phi) is 3.40. The molecule has 2 rings (SSSR count). The summed E-state index contributed by atoms with van der Waals surface area (Å²) in [6.45, 7) is 1.42. The lowest BCUT2D eigenvalue weighted by Crippen LogP contribution is -2.57. The van der Waals surface area contributed by atoms with E-state index in [1.54, 1.807) is 6.92 Å². The van der Waals surface area contributed by atoms with E-state index in [9.17, 15) is 18.0 Å². The fraction of sp³-hybridized carbons (Fsp3) is 0.273. The number of rotatable bonds is 2. The molecule has 1 aromatic rings. The predicted octanol–water partition coefficient (Wildman–Crippen LogP) is -1.23. The van der Waals surface area contributed by atoms with Crippen molar-refractivity contribution >= 4 is 33.2 Å². The van der Waals surface area contributed by atoms with Crippen molar-refractivity contribution in [2.24, 2.45) is 5.14 Å². The lowest BCUT2D eigenvalue weighted by Gasteiger charge is -2.34. The molecule has 1 atom stereocenters. The van der Waals surface area contributed by atoms with Crippen LogP contribution in [0.1, 0.15) is 6.92 Å². The number of imide groups is 1. The van der Waals surface area contributed by atoms with Crippen molar-refractivity contribution in [3.05, 3.63) is 18.2 Å². The largest absolute Gasteiger partial charge is 0.399 e. The topological polar surface area (TPSA) is 136 Å². The molecule has 0 saturated carbocycles. The summed E-state index contributed by atoms with van der Waals surface area (Å²) in [6, 6.07) is 3.41. The molecule has 20 heavy (non-hydrogen) atoms. The Balaban J connectivity index is 2.57. The zero-order valence-corrected chi connectivity index (χ0v) is 11.5. The molecule has 108 valence electrons. The number of nitrogens with zero attached hydrogens (tertiary/aromatic N) is 1. The van der Waals surface area contributed by atoms with Crippen LogP contribution < -0.4 is 21.1 Å². The number of nitrogens with two attached hydrogens (primary N) is 2. The number of anilines is 2. The third-order valence-electron chi connectivity index (χ3n) is 3.02. The quantitative estimate of drug-likeness (QED) is 0.462. The standard InChI is InChI=1S/C11H14N4O4S/c1-6-11(17)14-10(16)5-15(6)8-3-2-7(12)4-9(8)20(13,18)19/h2-4,6H,5,12H2,1H3,(H2,13,18,19)(H,14,16,17). The molecule has 5 N–H and O–H groups in total. The van der Waals surface area contributed by atoms with Crippen molar-refractivity contribution < 1.29 is 18.0 Å². The van der Waals surface area contributed by atoms with Gasteiger partial charge in [-0.05, 0) is 25.1 Å². The van der Waals surface area contributed by atoms with E-state index < -0.39 is 27.9 Å². The monoisotopic (exact) mass is 298 g/mol. The molecular weight excluding hydrogens is 284 g/mol. The minimum atomic E-state index is -4.03. The molecule has 1 heterocycles. The van der Waals surface area contributed by atoms with Gasteiger partial charge in [0.15, 0.2) is 0 Å². The summed E-state index contributed by atoms with van der Waals surface area (Å²) in [7, 11) is -4.03. The third kappa shape index (κ3) is 2.58. The number of nitrogens with one attached hydrogen (secondary N) is 1. The highest BCUT2D eigenvalue weighted by Gasteiger charge is 2.33. The molecule has 0 spiro atoms. The molecule has 1 aliphatic rings. The molecule has 1 aliphatic heterocycles. The van der Waals surface area contributed by atoms with Gasteiger partial charge in [-0.1, -0.05) is 0 Å². The first-order valence-corrected chi connectivity index (χ1v) is 7.27. The second-order valence-corrected chi connectivity index (χ2v) is 6.02. The van der Waals surface area contributed by atoms with Crippen LogP contribution in [0, 0.1) is 0 Å². The maximum Gasteiger partial charge on any atom is 0.249 e. The summed E-state index contributed by atoms with van der Waals surface area (Å²) in [5.74, 6) is -1.01. The molecule has 0 aromatic heterocycles. The van der Waals surface area contributed by atoms with Crippen molar-refractivity contribution in [3.8, 4) is 0 Å². The second-order valence-electron chi connectivity index (χ2n) is 4.49. The van der Waals surface area contributed by atoms with Crippen LogP contribution in [-0.2, 0) is 19.6 Å². The van der Waals surface area contributed by atoms with E-state index in [0.29, 0.717) is 0 Å². The average Bonchev–Trinajstić information content (AvgIpc) is 2.33. The van der Waals surface area contributed by atoms with E-state index in [0.717, 1.165) is 0 Å². The molecule has 1 aromatic carbocycles. The van der Waals surface area contributed by atoms with Gasteiger partial charge in [0.05, 0.1) is 12.2 Å². The smallest absolute Gasteiger partial charge is 0.249 e. The van der Waals surface area contributed by atoms with E-state index in [2.05, 4.69) is 5.32 Å². The van der Waals surface area contributed by atoms with Crippen LogP contribution in [0.5, 0.6) is 0 Å². The number of nitrogen functional groups attached to an aromatic ring is 1. The van der Waals surface area contributed by atoms with Crippen LogP contribution in [-0.4, -0.2) is 32.8 Å². The number of piperazine rings is 1. The SMILES string of the molecule is CC1C(=O)NC(=O)CN1c1ccc(N)cc1S(N)(=O)=O. The predicted molar refractivity (Wildman–Crippen MR) is 72.2 cm³/mol. The van der Waals surface area contributed by atoms with Crippen LogP contribution in [0.4, 0.5) is 11.4 Å². The summed E-state index contributed by atoms with van der Waals surface area (Å²) >= 11 is 0. The zero-order chi connectivity index (χ0) is 15.1. The van der Waals surface area contributed by atoms with Crippen molar-refractivity contribution in [3.63, 3.8) is 0 Å². The van der Waals surface area contributed by atoms with Crippen LogP contribution in [0.2, 0.25) is 0 Å². The number of amides is 2. The van der Waals surface area contributed by atoms with Crippen molar-refractivity contribution in [1.29, 1.82) is 0 Å². The van der Waals surface area contributed by atoms with Crippen molar-refractivity contribution in [2.75, 3.05) is 17.2 Å². The zero-order valence-electron chi connectivity index (χ0n) is 10.7. The normalized spacial score (nSPS) is 19.9. The van der Waals surface area contributed by atoms with Gasteiger partial charge in [0.2, 0.25) is 21.8 Å². The van der Waals surface area contributed by atoms with E-state index in [1.165, 1.54) is 23.1 Å². The molecule has 0 aliphatic carbocycles. The molecule has 2 amide bonds. The Hall–Kier alpha value is -2.13. The van der Waals surface area contributed by atoms with E-state index in [1.807, 2.05) is 0 Å². The number of hydrogen-bond acceptors (Lipinski definition) is 6. The van der Waals surface area contributed by atoms with Gasteiger partial charge in [0, 0.05) is 5.69 Å². The minimum Gasteiger partial charge on any atom is -0.399 e. The van der Waals surface area contributed by atoms with Gasteiger partial charge < -0.3 is 10.6 Å². The summed E-state index contributed by atoms with van der Waals surface area (Å²) in [5, 5.41) is 7.33. The highest BCUT2D eigenvalue weighted by Crippen LogP contribution is 2.28. The van der Waals surface area contributed by atoms with E-state index in [-0.39, 0.29) is 22.8 Å². The Bertz CT molecular complexity index is 686. The summed E-state index contributed by atoms with van der Waals surface area (Å²) in [6.07, 6.45) is 0. The van der Waals surface area contributed by atoms with Crippen molar-refractivity contribution in [1.82, 2.24) is 5.32 Å². The van der Waals surface area contributed by atoms with Gasteiger partial charge in [0.25, 0.3) is 0 Å². The fourth-order valence-electron chi connectivity index (χ4n) is 2.00. The van der Waals surface area contributed by atoms with Gasteiger partial charge in [-0.15, -0.1) is 0 Å². The van der Waals surface area contributed by atoms with Crippen LogP contribution in [0.3, 0.4) is 0 Å². The molecule has 1 saturated heterocycles. The molecule has 8 nitrogen and oxygen atoms in total. The number of hydrogen-bond donors (Lipinski definition) is 3. The van der Waals surface area contributed by atoms with Crippen LogP contribution in [0.15, 0.2) is 23.1 Å². The molecule has 0 bridgehead atoms. The number of benzene rings is 1. The van der Waals surface area contributed by atoms with E-state index in [4.69, 9.17) is 10.9 Å². The highest BCUT2D eigenvalue weighted by molar-refractivity contribution is 7.89. The van der Waals surface area contributed by atoms with Gasteiger partial charge in [-0.2, -0.15) is 0 Å². The maximum atomic E-state index is 11.6. The van der Waals surface area contributed by atoms with Crippen LogP contribution in [0.25, 0.3) is 0 Å². The fourth-order valence-corrected chi connectivity index (χ4v) is 2.78. The lowest BCUT2D eigenvalue weighted by molar-refractivity contribution is -0.132. The van der Waals surface area contributed by atoms with Crippen molar-refractivity contribution in [2.45, 2.75) is 17.9 Å². The Labute approximate surface area is 115 Å². The first kappa shape index (κ1) is 14.3. The minimum absolute atomic E-state index is 0.140. The summed E-state index contributed by atoms with van der Waals surface area (Å²) in [4.78, 5) is 24.2. The first-order chi connectivity index (χ1) is 9.20. The molecule has 9 heteroatoms. The third-order valence-corrected chi connectivity index (χ3v) is 3.96. The summed E-state index contributed by atoms with van der Waals surface area (Å²) in [5.41, 5.74) is 5.96. The first-order valence-electron chi connectivity index (χ1n) is 5.73. The highest BCUT2D eigenvalue weighted by atomic mass is 32.2. The Morgan fingerprint density at radius 2 is 2.00 bits per heavy atom. The summed E-state index contributed by atoms with van der Waals surface area (Å²) < 4.78 is 23.3. The van der Waals surface area contributed by atoms with Gasteiger partial charge >= 0.3 is 0 Å². The number of carbonyl (C=O) groups excluding carboxylic acids is 2. The molecule has 1 fully saturated rings. The lowest BCUT2D eigenvalue weighted by atomic mass is 10.1. The van der Waals surface area contributed by atoms with Gasteiger partial charge in [-0.3, -0.25) is 14.9 Å². The Morgan fingerprint density at radius 1 is 1.35 bits per heavy atom. The molecular formula is C11H14N4O4S. The average molecular weight is 298 g/mol. The molecule has 0 radical (unpaired) electrons. The number of carbonyl (C=O) groups is 2. The maximum absolute atomic E-state index is 11.6. The van der Waals surface area contributed by atoms with Gasteiger partial charge in [0.1, 0.15) is 10.9 Å². The number of sulfonamides is 1. The number of primary sulfonamides is 1. The Morgan fingerprint density at radius 3 is 2.60 bits per heavy atom. The second kappa shape index (κ2) is 4.76. The van der Waals surface area contributed by atoms with Crippen LogP contribution >= 0.6 is 0 Å².